The normalized spacial score (nSPS) is 11.5. The van der Waals surface area contributed by atoms with Crippen LogP contribution in [-0.4, -0.2) is 20.2 Å². The monoisotopic (exact) mass is 352 g/mol. The van der Waals surface area contributed by atoms with Gasteiger partial charge in [-0.1, -0.05) is 43.3 Å². The molecule has 0 aliphatic carbocycles. The van der Waals surface area contributed by atoms with Crippen molar-refractivity contribution < 1.29 is 19.0 Å². The van der Waals surface area contributed by atoms with Crippen LogP contribution >= 0.6 is 0 Å². The molecule has 2 aromatic carbocycles. The highest BCUT2D eigenvalue weighted by molar-refractivity contribution is 5.97. The Kier molecular flexibility index (Phi) is 7.03. The molecule has 0 amide bonds. The molecule has 0 aliphatic heterocycles. The van der Waals surface area contributed by atoms with E-state index >= 15 is 0 Å². The number of methoxy groups -OCH3 is 2. The van der Waals surface area contributed by atoms with Gasteiger partial charge in [-0.2, -0.15) is 0 Å². The van der Waals surface area contributed by atoms with Crippen LogP contribution in [0.3, 0.4) is 0 Å². The summed E-state index contributed by atoms with van der Waals surface area (Å²) < 4.78 is 16.2. The number of esters is 1. The number of carbonyl (C=O) groups excluding carboxylic acids is 1. The molecule has 2 rings (SSSR count). The molecular weight excluding hydrogens is 328 g/mol. The minimum atomic E-state index is -0.374. The van der Waals surface area contributed by atoms with Gasteiger partial charge in [0.2, 0.25) is 0 Å². The second-order valence-electron chi connectivity index (χ2n) is 5.62. The van der Waals surface area contributed by atoms with E-state index in [2.05, 4.69) is 13.0 Å². The SMILES string of the molecule is CC/C=C\C=C(\C)Oc1ccc(-c2ccccc2C(=O)OC)cc1OC. The molecule has 0 saturated heterocycles. The Labute approximate surface area is 154 Å². The van der Waals surface area contributed by atoms with Gasteiger partial charge >= 0.3 is 5.97 Å². The number of hydrogen-bond acceptors (Lipinski definition) is 4. The van der Waals surface area contributed by atoms with E-state index in [0.29, 0.717) is 17.1 Å². The summed E-state index contributed by atoms with van der Waals surface area (Å²) >= 11 is 0. The molecule has 4 nitrogen and oxygen atoms in total. The van der Waals surface area contributed by atoms with Crippen molar-refractivity contribution in [1.82, 2.24) is 0 Å². The number of hydrogen-bond donors (Lipinski definition) is 0. The smallest absolute Gasteiger partial charge is 0.338 e. The summed E-state index contributed by atoms with van der Waals surface area (Å²) in [6, 6.07) is 12.9. The Bertz CT molecular complexity index is 819. The summed E-state index contributed by atoms with van der Waals surface area (Å²) in [4.78, 5) is 12.0. The van der Waals surface area contributed by atoms with Crippen molar-refractivity contribution in [2.45, 2.75) is 20.3 Å². The van der Waals surface area contributed by atoms with Crippen molar-refractivity contribution in [3.8, 4) is 22.6 Å². The molecule has 4 heteroatoms. The molecule has 0 bridgehead atoms. The quantitative estimate of drug-likeness (QED) is 0.380. The van der Waals surface area contributed by atoms with Crippen molar-refractivity contribution >= 4 is 5.97 Å². The van der Waals surface area contributed by atoms with Gasteiger partial charge in [-0.15, -0.1) is 0 Å². The Morgan fingerprint density at radius 2 is 1.85 bits per heavy atom. The van der Waals surface area contributed by atoms with E-state index in [4.69, 9.17) is 14.2 Å². The van der Waals surface area contributed by atoms with Gasteiger partial charge < -0.3 is 14.2 Å². The first-order chi connectivity index (χ1) is 12.6. The molecule has 0 N–H and O–H groups in total. The summed E-state index contributed by atoms with van der Waals surface area (Å²) in [5.41, 5.74) is 2.14. The minimum Gasteiger partial charge on any atom is -0.493 e. The second-order valence-corrected chi connectivity index (χ2v) is 5.62. The fourth-order valence-electron chi connectivity index (χ4n) is 2.49. The van der Waals surface area contributed by atoms with Gasteiger partial charge in [-0.05, 0) is 48.7 Å². The van der Waals surface area contributed by atoms with Gasteiger partial charge in [-0.25, -0.2) is 4.79 Å². The highest BCUT2D eigenvalue weighted by atomic mass is 16.5. The van der Waals surface area contributed by atoms with E-state index in [9.17, 15) is 4.79 Å². The zero-order valence-corrected chi connectivity index (χ0v) is 15.6. The Hall–Kier alpha value is -3.01. The van der Waals surface area contributed by atoms with E-state index < -0.39 is 0 Å². The summed E-state index contributed by atoms with van der Waals surface area (Å²) in [5.74, 6) is 1.59. The van der Waals surface area contributed by atoms with Gasteiger partial charge in [0.05, 0.1) is 19.8 Å². The summed E-state index contributed by atoms with van der Waals surface area (Å²) in [7, 11) is 2.97. The van der Waals surface area contributed by atoms with E-state index in [1.54, 1.807) is 13.2 Å². The fraction of sp³-hybridized carbons (Fsp3) is 0.227. The zero-order valence-electron chi connectivity index (χ0n) is 15.6. The van der Waals surface area contributed by atoms with Crippen molar-refractivity contribution in [2.24, 2.45) is 0 Å². The van der Waals surface area contributed by atoms with E-state index in [0.717, 1.165) is 23.3 Å². The number of benzene rings is 2. The van der Waals surface area contributed by atoms with Crippen LogP contribution < -0.4 is 9.47 Å². The molecule has 0 fully saturated rings. The maximum Gasteiger partial charge on any atom is 0.338 e. The van der Waals surface area contributed by atoms with E-state index in [1.165, 1.54) is 7.11 Å². The molecule has 2 aromatic rings. The van der Waals surface area contributed by atoms with Crippen LogP contribution in [0.5, 0.6) is 11.5 Å². The van der Waals surface area contributed by atoms with Crippen LogP contribution in [0.15, 0.2) is 66.5 Å². The van der Waals surface area contributed by atoms with Crippen molar-refractivity contribution in [1.29, 1.82) is 0 Å². The molecule has 26 heavy (non-hydrogen) atoms. The summed E-state index contributed by atoms with van der Waals surface area (Å²) in [6.45, 7) is 3.97. The zero-order chi connectivity index (χ0) is 18.9. The average molecular weight is 352 g/mol. The predicted octanol–water partition coefficient (Wildman–Crippen LogP) is 5.40. The molecule has 0 aliphatic rings. The highest BCUT2D eigenvalue weighted by Gasteiger charge is 2.15. The molecule has 0 saturated carbocycles. The van der Waals surface area contributed by atoms with Crippen LogP contribution in [-0.2, 0) is 4.74 Å². The number of carbonyl (C=O) groups is 1. The number of allylic oxidation sites excluding steroid dienone is 4. The average Bonchev–Trinajstić information content (AvgIpc) is 2.68. The summed E-state index contributed by atoms with van der Waals surface area (Å²) in [5, 5.41) is 0. The molecule has 136 valence electrons. The first-order valence-corrected chi connectivity index (χ1v) is 8.47. The molecular formula is C22H24O4. The van der Waals surface area contributed by atoms with Crippen LogP contribution in [0.4, 0.5) is 0 Å². The van der Waals surface area contributed by atoms with Crippen molar-refractivity contribution in [2.75, 3.05) is 14.2 Å². The third kappa shape index (κ3) is 4.76. The first-order valence-electron chi connectivity index (χ1n) is 8.47. The van der Waals surface area contributed by atoms with Gasteiger partial charge in [0, 0.05) is 0 Å². The van der Waals surface area contributed by atoms with Crippen LogP contribution in [0, 0.1) is 0 Å². The largest absolute Gasteiger partial charge is 0.493 e. The topological polar surface area (TPSA) is 44.8 Å². The Morgan fingerprint density at radius 3 is 2.54 bits per heavy atom. The predicted molar refractivity (Wildman–Crippen MR) is 104 cm³/mol. The fourth-order valence-corrected chi connectivity index (χ4v) is 2.49. The van der Waals surface area contributed by atoms with Crippen LogP contribution in [0.25, 0.3) is 11.1 Å². The molecule has 0 aromatic heterocycles. The number of rotatable bonds is 7. The Morgan fingerprint density at radius 1 is 1.08 bits per heavy atom. The van der Waals surface area contributed by atoms with Gasteiger partial charge in [0.15, 0.2) is 11.5 Å². The molecule has 0 heterocycles. The first kappa shape index (κ1) is 19.3. The van der Waals surface area contributed by atoms with Crippen molar-refractivity contribution in [3.63, 3.8) is 0 Å². The lowest BCUT2D eigenvalue weighted by atomic mass is 9.99. The van der Waals surface area contributed by atoms with Gasteiger partial charge in [0.25, 0.3) is 0 Å². The lowest BCUT2D eigenvalue weighted by Crippen LogP contribution is -2.03. The van der Waals surface area contributed by atoms with Crippen molar-refractivity contribution in [3.05, 3.63) is 72.0 Å². The summed E-state index contributed by atoms with van der Waals surface area (Å²) in [6.07, 6.45) is 6.89. The van der Waals surface area contributed by atoms with Crippen LogP contribution in [0.1, 0.15) is 30.6 Å². The van der Waals surface area contributed by atoms with E-state index in [1.807, 2.05) is 55.5 Å². The third-order valence-corrected chi connectivity index (χ3v) is 3.78. The van der Waals surface area contributed by atoms with Crippen LogP contribution in [0.2, 0.25) is 0 Å². The van der Waals surface area contributed by atoms with Gasteiger partial charge in [-0.3, -0.25) is 0 Å². The maximum atomic E-state index is 12.0. The second kappa shape index (κ2) is 9.47. The number of ether oxygens (including phenoxy) is 3. The third-order valence-electron chi connectivity index (χ3n) is 3.78. The van der Waals surface area contributed by atoms with Gasteiger partial charge in [0.1, 0.15) is 5.76 Å². The standard InChI is InChI=1S/C22H24O4/c1-5-6-7-10-16(2)26-20-14-13-17(15-21(20)24-3)18-11-8-9-12-19(18)22(23)25-4/h6-15H,5H2,1-4H3/b7-6-,16-10-. The maximum absolute atomic E-state index is 12.0. The molecule has 0 radical (unpaired) electrons. The lowest BCUT2D eigenvalue weighted by molar-refractivity contribution is 0.0601. The molecule has 0 unspecified atom stereocenters. The lowest BCUT2D eigenvalue weighted by Gasteiger charge is -2.13. The molecule has 0 spiro atoms. The van der Waals surface area contributed by atoms with E-state index in [-0.39, 0.29) is 5.97 Å². The Balaban J connectivity index is 2.37. The molecule has 0 atom stereocenters. The highest BCUT2D eigenvalue weighted by Crippen LogP contribution is 2.35. The minimum absolute atomic E-state index is 0.374.